The van der Waals surface area contributed by atoms with Crippen molar-refractivity contribution < 1.29 is 9.53 Å². The first kappa shape index (κ1) is 18.6. The lowest BCUT2D eigenvalue weighted by Gasteiger charge is -2.35. The third-order valence-electron chi connectivity index (χ3n) is 5.99. The Morgan fingerprint density at radius 2 is 2.26 bits per heavy atom. The first-order valence-corrected chi connectivity index (χ1v) is 10.1. The number of hydrazine groups is 1. The number of nitrogens with zero attached hydrogens (tertiary/aromatic N) is 2. The minimum absolute atomic E-state index is 0.0866. The van der Waals surface area contributed by atoms with Crippen LogP contribution >= 0.6 is 0 Å². The number of ether oxygens (including phenoxy) is 1. The minimum atomic E-state index is -0.0866. The van der Waals surface area contributed by atoms with Crippen LogP contribution in [-0.2, 0) is 4.74 Å². The molecule has 148 valence electrons. The van der Waals surface area contributed by atoms with Crippen molar-refractivity contribution in [3.05, 3.63) is 30.1 Å². The number of hydrogen-bond acceptors (Lipinski definition) is 6. The number of fused-ring (bicyclic) bond motifs is 1. The van der Waals surface area contributed by atoms with E-state index in [4.69, 9.17) is 4.74 Å². The molecule has 4 unspecified atom stereocenters. The maximum absolute atomic E-state index is 12.6. The molecule has 0 aromatic carbocycles. The van der Waals surface area contributed by atoms with Crippen molar-refractivity contribution in [3.8, 4) is 0 Å². The molecule has 2 amide bonds. The second kappa shape index (κ2) is 8.97. The highest BCUT2D eigenvalue weighted by molar-refractivity contribution is 5.74. The van der Waals surface area contributed by atoms with Crippen molar-refractivity contribution in [2.75, 3.05) is 39.4 Å². The zero-order valence-electron chi connectivity index (χ0n) is 15.7. The van der Waals surface area contributed by atoms with Crippen LogP contribution in [0.3, 0.4) is 0 Å². The second-order valence-corrected chi connectivity index (χ2v) is 7.65. The lowest BCUT2D eigenvalue weighted by Crippen LogP contribution is -2.55. The monoisotopic (exact) mass is 374 g/mol. The fourth-order valence-corrected chi connectivity index (χ4v) is 4.53. The molecule has 3 heterocycles. The van der Waals surface area contributed by atoms with Gasteiger partial charge in [-0.2, -0.15) is 0 Å². The molecule has 0 radical (unpaired) electrons. The van der Waals surface area contributed by atoms with Gasteiger partial charge in [0.25, 0.3) is 0 Å². The van der Waals surface area contributed by atoms with Crippen LogP contribution in [0.1, 0.15) is 30.9 Å². The molecule has 0 bridgehead atoms. The molecule has 3 fully saturated rings. The topological polar surface area (TPSA) is 90.6 Å². The third-order valence-corrected chi connectivity index (χ3v) is 5.99. The van der Waals surface area contributed by atoms with Crippen LogP contribution in [0.5, 0.6) is 0 Å². The Morgan fingerprint density at radius 1 is 1.37 bits per heavy atom. The summed E-state index contributed by atoms with van der Waals surface area (Å²) in [5.41, 5.74) is 7.69. The SMILES string of the molecule is O=C(NCC(c1cccnc1)N1CCOCC1)NC1CCCC2CNNC21. The number of urea groups is 1. The lowest BCUT2D eigenvalue weighted by molar-refractivity contribution is 0.0166. The van der Waals surface area contributed by atoms with E-state index in [0.717, 1.165) is 44.8 Å². The van der Waals surface area contributed by atoms with Gasteiger partial charge in [-0.05, 0) is 30.4 Å². The molecule has 0 spiro atoms. The first-order valence-electron chi connectivity index (χ1n) is 10.1. The van der Waals surface area contributed by atoms with Gasteiger partial charge < -0.3 is 15.4 Å². The molecule has 4 atom stereocenters. The van der Waals surface area contributed by atoms with Crippen LogP contribution in [0.15, 0.2) is 24.5 Å². The lowest BCUT2D eigenvalue weighted by atomic mass is 9.82. The van der Waals surface area contributed by atoms with Gasteiger partial charge in [0.1, 0.15) is 0 Å². The maximum Gasteiger partial charge on any atom is 0.315 e. The smallest absolute Gasteiger partial charge is 0.315 e. The van der Waals surface area contributed by atoms with Crippen LogP contribution < -0.4 is 21.5 Å². The largest absolute Gasteiger partial charge is 0.379 e. The first-order chi connectivity index (χ1) is 13.3. The summed E-state index contributed by atoms with van der Waals surface area (Å²) in [7, 11) is 0. The fourth-order valence-electron chi connectivity index (χ4n) is 4.53. The maximum atomic E-state index is 12.6. The fraction of sp³-hybridized carbons (Fsp3) is 0.684. The van der Waals surface area contributed by atoms with Gasteiger partial charge in [-0.3, -0.25) is 20.7 Å². The predicted octanol–water partition coefficient (Wildman–Crippen LogP) is 0.399. The van der Waals surface area contributed by atoms with Gasteiger partial charge in [-0.1, -0.05) is 12.5 Å². The zero-order valence-corrected chi connectivity index (χ0v) is 15.7. The molecule has 1 aliphatic carbocycles. The number of carbonyl (C=O) groups excluding carboxylic acids is 1. The van der Waals surface area contributed by atoms with Crippen LogP contribution in [0.25, 0.3) is 0 Å². The van der Waals surface area contributed by atoms with Gasteiger partial charge in [0.15, 0.2) is 0 Å². The molecule has 8 heteroatoms. The van der Waals surface area contributed by atoms with E-state index in [1.807, 2.05) is 12.3 Å². The highest BCUT2D eigenvalue weighted by Crippen LogP contribution is 2.26. The summed E-state index contributed by atoms with van der Waals surface area (Å²) < 4.78 is 5.48. The molecule has 1 aromatic heterocycles. The van der Waals surface area contributed by atoms with Crippen LogP contribution in [0.4, 0.5) is 4.79 Å². The van der Waals surface area contributed by atoms with E-state index in [1.54, 1.807) is 6.20 Å². The van der Waals surface area contributed by atoms with Crippen molar-refractivity contribution in [1.82, 2.24) is 31.4 Å². The molecule has 2 saturated heterocycles. The summed E-state index contributed by atoms with van der Waals surface area (Å²) in [6, 6.07) is 4.56. The Morgan fingerprint density at radius 3 is 3.07 bits per heavy atom. The molecule has 1 aromatic rings. The normalized spacial score (nSPS) is 29.7. The highest BCUT2D eigenvalue weighted by atomic mass is 16.5. The van der Waals surface area contributed by atoms with Crippen molar-refractivity contribution >= 4 is 6.03 Å². The van der Waals surface area contributed by atoms with Crippen LogP contribution in [0.2, 0.25) is 0 Å². The number of pyridine rings is 1. The zero-order chi connectivity index (χ0) is 18.5. The quantitative estimate of drug-likeness (QED) is 0.597. The summed E-state index contributed by atoms with van der Waals surface area (Å²) in [5, 5.41) is 6.29. The molecular weight excluding hydrogens is 344 g/mol. The third kappa shape index (κ3) is 4.57. The van der Waals surface area contributed by atoms with Gasteiger partial charge in [0.05, 0.1) is 19.3 Å². The van der Waals surface area contributed by atoms with E-state index in [-0.39, 0.29) is 18.1 Å². The van der Waals surface area contributed by atoms with Gasteiger partial charge in [-0.25, -0.2) is 4.79 Å². The van der Waals surface area contributed by atoms with E-state index in [2.05, 4.69) is 37.4 Å². The number of aromatic nitrogens is 1. The Hall–Kier alpha value is -1.74. The van der Waals surface area contributed by atoms with E-state index in [1.165, 1.54) is 12.8 Å². The Balaban J connectivity index is 1.34. The molecule has 2 aliphatic heterocycles. The van der Waals surface area contributed by atoms with Crippen molar-refractivity contribution in [3.63, 3.8) is 0 Å². The average molecular weight is 374 g/mol. The molecule has 1 saturated carbocycles. The molecule has 8 nitrogen and oxygen atoms in total. The van der Waals surface area contributed by atoms with E-state index >= 15 is 0 Å². The van der Waals surface area contributed by atoms with Gasteiger partial charge in [0, 0.05) is 50.7 Å². The Kier molecular flexibility index (Phi) is 6.18. The average Bonchev–Trinajstić information content (AvgIpc) is 3.20. The molecule has 27 heavy (non-hydrogen) atoms. The van der Waals surface area contributed by atoms with E-state index in [0.29, 0.717) is 18.5 Å². The number of rotatable bonds is 5. The summed E-state index contributed by atoms with van der Waals surface area (Å²) in [6.07, 6.45) is 7.09. The number of hydrogen-bond donors (Lipinski definition) is 4. The standard InChI is InChI=1S/C19H30N6O2/c26-19(23-16-5-1-3-15-12-22-24-18(15)16)21-13-17(14-4-2-6-20-11-14)25-7-9-27-10-8-25/h2,4,6,11,15-18,22,24H,1,3,5,7-10,12-13H2,(H2,21,23,26). The molecule has 4 rings (SSSR count). The van der Waals surface area contributed by atoms with E-state index in [9.17, 15) is 4.79 Å². The Labute approximate surface area is 160 Å². The molecule has 3 aliphatic rings. The molecule has 4 N–H and O–H groups in total. The van der Waals surface area contributed by atoms with Crippen molar-refractivity contribution in [2.24, 2.45) is 5.92 Å². The summed E-state index contributed by atoms with van der Waals surface area (Å²) in [4.78, 5) is 19.2. The number of amides is 2. The molecular formula is C19H30N6O2. The summed E-state index contributed by atoms with van der Waals surface area (Å²) >= 11 is 0. The second-order valence-electron chi connectivity index (χ2n) is 7.65. The summed E-state index contributed by atoms with van der Waals surface area (Å²) in [5.74, 6) is 0.612. The highest BCUT2D eigenvalue weighted by Gasteiger charge is 2.37. The summed E-state index contributed by atoms with van der Waals surface area (Å²) in [6.45, 7) is 4.74. The minimum Gasteiger partial charge on any atom is -0.379 e. The van der Waals surface area contributed by atoms with Gasteiger partial charge >= 0.3 is 6.03 Å². The predicted molar refractivity (Wildman–Crippen MR) is 102 cm³/mol. The number of nitrogens with one attached hydrogen (secondary N) is 4. The Bertz CT molecular complexity index is 609. The van der Waals surface area contributed by atoms with E-state index < -0.39 is 0 Å². The van der Waals surface area contributed by atoms with Gasteiger partial charge in [-0.15, -0.1) is 0 Å². The van der Waals surface area contributed by atoms with Crippen molar-refractivity contribution in [1.29, 1.82) is 0 Å². The van der Waals surface area contributed by atoms with Gasteiger partial charge in [0.2, 0.25) is 0 Å². The van der Waals surface area contributed by atoms with Crippen LogP contribution in [0, 0.1) is 5.92 Å². The number of carbonyl (C=O) groups is 1. The van der Waals surface area contributed by atoms with Crippen molar-refractivity contribution in [2.45, 2.75) is 37.4 Å². The van der Waals surface area contributed by atoms with Crippen LogP contribution in [-0.4, -0.2) is 67.4 Å². The number of morpholine rings is 1.